The molecule has 0 spiro atoms. The smallest absolute Gasteiger partial charge is 0.0162 e. The molecule has 0 heterocycles. The second-order valence-corrected chi connectivity index (χ2v) is 7.39. The van der Waals surface area contributed by atoms with Crippen LogP contribution < -0.4 is 0 Å². The molecule has 0 bridgehead atoms. The van der Waals surface area contributed by atoms with Crippen LogP contribution in [0.2, 0.25) is 0 Å². The first-order chi connectivity index (χ1) is 10.3. The topological polar surface area (TPSA) is 0 Å². The number of rotatable bonds is 2. The fourth-order valence-corrected chi connectivity index (χ4v) is 3.96. The van der Waals surface area contributed by atoms with E-state index in [0.717, 1.165) is 17.8 Å². The SMILES string of the molecule is CC(C)C1CCCCC1.c1ccc(C2CCCCC2)cc1. The van der Waals surface area contributed by atoms with Crippen molar-refractivity contribution in [3.05, 3.63) is 35.9 Å². The molecule has 118 valence electrons. The lowest BCUT2D eigenvalue weighted by Gasteiger charge is -2.24. The van der Waals surface area contributed by atoms with E-state index in [1.165, 1.54) is 64.2 Å². The van der Waals surface area contributed by atoms with E-state index in [-0.39, 0.29) is 0 Å². The van der Waals surface area contributed by atoms with Gasteiger partial charge in [0.05, 0.1) is 0 Å². The van der Waals surface area contributed by atoms with Crippen LogP contribution in [0.15, 0.2) is 30.3 Å². The monoisotopic (exact) mass is 286 g/mol. The van der Waals surface area contributed by atoms with Crippen LogP contribution in [-0.2, 0) is 0 Å². The lowest BCUT2D eigenvalue weighted by Crippen LogP contribution is -2.12. The minimum Gasteiger partial charge on any atom is -0.0625 e. The fraction of sp³-hybridized carbons (Fsp3) is 0.714. The molecule has 2 fully saturated rings. The van der Waals surface area contributed by atoms with Gasteiger partial charge in [-0.05, 0) is 36.2 Å². The molecule has 0 amide bonds. The summed E-state index contributed by atoms with van der Waals surface area (Å²) in [5.74, 6) is 2.85. The van der Waals surface area contributed by atoms with Crippen molar-refractivity contribution in [3.8, 4) is 0 Å². The molecule has 0 N–H and O–H groups in total. The highest BCUT2D eigenvalue weighted by molar-refractivity contribution is 5.19. The van der Waals surface area contributed by atoms with Gasteiger partial charge in [0.1, 0.15) is 0 Å². The van der Waals surface area contributed by atoms with Crippen molar-refractivity contribution in [2.24, 2.45) is 11.8 Å². The van der Waals surface area contributed by atoms with Gasteiger partial charge in [0.25, 0.3) is 0 Å². The summed E-state index contributed by atoms with van der Waals surface area (Å²) in [5, 5.41) is 0. The molecular weight excluding hydrogens is 252 g/mol. The molecule has 1 aromatic rings. The zero-order valence-corrected chi connectivity index (χ0v) is 14.2. The van der Waals surface area contributed by atoms with Crippen molar-refractivity contribution >= 4 is 0 Å². The molecule has 0 aromatic heterocycles. The van der Waals surface area contributed by atoms with Crippen LogP contribution in [-0.4, -0.2) is 0 Å². The van der Waals surface area contributed by atoms with Gasteiger partial charge in [0, 0.05) is 0 Å². The molecule has 0 heteroatoms. The van der Waals surface area contributed by atoms with Gasteiger partial charge in [-0.25, -0.2) is 0 Å². The van der Waals surface area contributed by atoms with E-state index in [2.05, 4.69) is 44.2 Å². The highest BCUT2D eigenvalue weighted by Gasteiger charge is 2.16. The molecule has 0 atom stereocenters. The molecule has 0 nitrogen and oxygen atoms in total. The molecule has 0 radical (unpaired) electrons. The Bertz CT molecular complexity index is 353. The maximum atomic E-state index is 2.36. The van der Waals surface area contributed by atoms with E-state index in [1.54, 1.807) is 5.56 Å². The van der Waals surface area contributed by atoms with Crippen molar-refractivity contribution in [1.29, 1.82) is 0 Å². The summed E-state index contributed by atoms with van der Waals surface area (Å²) in [5.41, 5.74) is 1.55. The van der Waals surface area contributed by atoms with Crippen molar-refractivity contribution in [2.45, 2.75) is 84.0 Å². The normalized spacial score (nSPS) is 20.9. The zero-order valence-electron chi connectivity index (χ0n) is 14.2. The predicted octanol–water partition coefficient (Wildman–Crippen LogP) is 6.96. The quantitative estimate of drug-likeness (QED) is 0.551. The number of hydrogen-bond acceptors (Lipinski definition) is 0. The Hall–Kier alpha value is -0.780. The fourth-order valence-electron chi connectivity index (χ4n) is 3.96. The van der Waals surface area contributed by atoms with Gasteiger partial charge in [-0.3, -0.25) is 0 Å². The van der Waals surface area contributed by atoms with Gasteiger partial charge in [0.15, 0.2) is 0 Å². The van der Waals surface area contributed by atoms with Crippen molar-refractivity contribution in [3.63, 3.8) is 0 Å². The predicted molar refractivity (Wildman–Crippen MR) is 93.7 cm³/mol. The second kappa shape index (κ2) is 9.28. The van der Waals surface area contributed by atoms with E-state index < -0.39 is 0 Å². The van der Waals surface area contributed by atoms with Gasteiger partial charge in [-0.15, -0.1) is 0 Å². The lowest BCUT2D eigenvalue weighted by molar-refractivity contribution is 0.279. The average molecular weight is 287 g/mol. The largest absolute Gasteiger partial charge is 0.0625 e. The van der Waals surface area contributed by atoms with Gasteiger partial charge < -0.3 is 0 Å². The van der Waals surface area contributed by atoms with Crippen LogP contribution in [0.1, 0.15) is 89.5 Å². The average Bonchev–Trinajstić information content (AvgIpc) is 2.58. The third-order valence-corrected chi connectivity index (χ3v) is 5.47. The summed E-state index contributed by atoms with van der Waals surface area (Å²) in [7, 11) is 0. The molecule has 2 saturated carbocycles. The van der Waals surface area contributed by atoms with E-state index in [1.807, 2.05) is 0 Å². The van der Waals surface area contributed by atoms with Gasteiger partial charge >= 0.3 is 0 Å². The first-order valence-electron chi connectivity index (χ1n) is 9.32. The molecule has 0 aliphatic heterocycles. The van der Waals surface area contributed by atoms with Crippen LogP contribution in [0.25, 0.3) is 0 Å². The maximum Gasteiger partial charge on any atom is -0.0162 e. The Morgan fingerprint density at radius 2 is 1.24 bits per heavy atom. The molecule has 21 heavy (non-hydrogen) atoms. The third-order valence-electron chi connectivity index (χ3n) is 5.47. The molecular formula is C21H34. The standard InChI is InChI=1S/C12H16.C9H18/c1-3-7-11(8-4-1)12-9-5-2-6-10-12;1-8(2)9-6-4-3-5-7-9/h1,3-4,7-8,12H,2,5-6,9-10H2;8-9H,3-7H2,1-2H3. The molecule has 1 aromatic carbocycles. The Morgan fingerprint density at radius 1 is 0.714 bits per heavy atom. The van der Waals surface area contributed by atoms with E-state index in [9.17, 15) is 0 Å². The molecule has 0 saturated heterocycles. The minimum atomic E-state index is 0.861. The van der Waals surface area contributed by atoms with Crippen molar-refractivity contribution < 1.29 is 0 Å². The second-order valence-electron chi connectivity index (χ2n) is 7.39. The van der Waals surface area contributed by atoms with Crippen LogP contribution in [0, 0.1) is 11.8 Å². The highest BCUT2D eigenvalue weighted by Crippen LogP contribution is 2.32. The van der Waals surface area contributed by atoms with E-state index in [4.69, 9.17) is 0 Å². The minimum absolute atomic E-state index is 0.861. The first-order valence-corrected chi connectivity index (χ1v) is 9.32. The lowest BCUT2D eigenvalue weighted by atomic mass is 9.82. The van der Waals surface area contributed by atoms with Gasteiger partial charge in [-0.2, -0.15) is 0 Å². The van der Waals surface area contributed by atoms with Crippen LogP contribution in [0.5, 0.6) is 0 Å². The number of hydrogen-bond donors (Lipinski definition) is 0. The van der Waals surface area contributed by atoms with Gasteiger partial charge in [0.2, 0.25) is 0 Å². The van der Waals surface area contributed by atoms with E-state index >= 15 is 0 Å². The van der Waals surface area contributed by atoms with Crippen LogP contribution >= 0.6 is 0 Å². The summed E-state index contributed by atoms with van der Waals surface area (Å²) < 4.78 is 0. The first kappa shape index (κ1) is 16.6. The Balaban J connectivity index is 0.000000161. The third kappa shape index (κ3) is 5.85. The van der Waals surface area contributed by atoms with E-state index in [0.29, 0.717) is 0 Å². The van der Waals surface area contributed by atoms with Gasteiger partial charge in [-0.1, -0.05) is 95.5 Å². The highest BCUT2D eigenvalue weighted by atomic mass is 14.2. The molecule has 3 rings (SSSR count). The van der Waals surface area contributed by atoms with Crippen LogP contribution in [0.3, 0.4) is 0 Å². The molecule has 2 aliphatic carbocycles. The number of benzene rings is 1. The van der Waals surface area contributed by atoms with Crippen LogP contribution in [0.4, 0.5) is 0 Å². The maximum absolute atomic E-state index is 2.36. The van der Waals surface area contributed by atoms with Crippen molar-refractivity contribution in [2.75, 3.05) is 0 Å². The molecule has 0 unspecified atom stereocenters. The zero-order chi connectivity index (χ0) is 14.9. The molecule has 2 aliphatic rings. The summed E-state index contributed by atoms with van der Waals surface area (Å²) in [6.07, 6.45) is 14.6. The Kier molecular flexibility index (Phi) is 7.33. The summed E-state index contributed by atoms with van der Waals surface area (Å²) in [6.45, 7) is 4.71. The Morgan fingerprint density at radius 3 is 1.71 bits per heavy atom. The summed E-state index contributed by atoms with van der Waals surface area (Å²) >= 11 is 0. The Labute approximate surface area is 132 Å². The van der Waals surface area contributed by atoms with Crippen molar-refractivity contribution in [1.82, 2.24) is 0 Å². The summed E-state index contributed by atoms with van der Waals surface area (Å²) in [4.78, 5) is 0. The summed E-state index contributed by atoms with van der Waals surface area (Å²) in [6, 6.07) is 11.0.